The van der Waals surface area contributed by atoms with Crippen molar-refractivity contribution >= 4 is 16.8 Å². The van der Waals surface area contributed by atoms with E-state index < -0.39 is 5.91 Å². The third kappa shape index (κ3) is 3.41. The number of aromatic nitrogens is 1. The van der Waals surface area contributed by atoms with Gasteiger partial charge in [0, 0.05) is 24.7 Å². The van der Waals surface area contributed by atoms with Gasteiger partial charge in [-0.3, -0.25) is 15.0 Å². The van der Waals surface area contributed by atoms with E-state index in [1.807, 2.05) is 17.1 Å². The SMILES string of the molecule is CC(C)C(c1cc2ccccc2n1C)N1C/C(=C/CC(=O)NO)N=N1. The third-order valence-corrected chi connectivity index (χ3v) is 4.50. The number of rotatable bonds is 5. The molecule has 0 saturated carbocycles. The van der Waals surface area contributed by atoms with Crippen molar-refractivity contribution in [2.24, 2.45) is 23.3 Å². The number of carbonyl (C=O) groups is 1. The van der Waals surface area contributed by atoms with Crippen LogP contribution >= 0.6 is 0 Å². The van der Waals surface area contributed by atoms with Gasteiger partial charge in [-0.25, -0.2) is 5.48 Å². The van der Waals surface area contributed by atoms with Crippen molar-refractivity contribution in [3.05, 3.63) is 47.8 Å². The van der Waals surface area contributed by atoms with Gasteiger partial charge in [0.15, 0.2) is 0 Å². The fourth-order valence-electron chi connectivity index (χ4n) is 3.29. The first-order valence-electron chi connectivity index (χ1n) is 8.36. The van der Waals surface area contributed by atoms with Gasteiger partial charge in [0.2, 0.25) is 5.91 Å². The van der Waals surface area contributed by atoms with E-state index in [9.17, 15) is 4.79 Å². The predicted molar refractivity (Wildman–Crippen MR) is 94.7 cm³/mol. The summed E-state index contributed by atoms with van der Waals surface area (Å²) in [5.74, 6) is -0.128. The van der Waals surface area contributed by atoms with Crippen LogP contribution in [0.2, 0.25) is 0 Å². The molecule has 7 heteroatoms. The van der Waals surface area contributed by atoms with Gasteiger partial charge in [-0.05, 0) is 29.5 Å². The minimum Gasteiger partial charge on any atom is -0.346 e. The molecule has 132 valence electrons. The molecule has 7 nitrogen and oxygen atoms in total. The number of nitrogens with one attached hydrogen (secondary N) is 1. The number of hydrogen-bond acceptors (Lipinski definition) is 5. The Morgan fingerprint density at radius 2 is 2.16 bits per heavy atom. The molecule has 3 rings (SSSR count). The van der Waals surface area contributed by atoms with E-state index in [1.54, 1.807) is 11.6 Å². The van der Waals surface area contributed by atoms with E-state index >= 15 is 0 Å². The van der Waals surface area contributed by atoms with Crippen LogP contribution in [0, 0.1) is 5.92 Å². The van der Waals surface area contributed by atoms with Gasteiger partial charge in [-0.1, -0.05) is 37.3 Å². The summed E-state index contributed by atoms with van der Waals surface area (Å²) in [6.07, 6.45) is 1.77. The Bertz CT molecular complexity index is 837. The summed E-state index contributed by atoms with van der Waals surface area (Å²) in [5, 5.41) is 20.2. The average molecular weight is 341 g/mol. The second-order valence-electron chi connectivity index (χ2n) is 6.60. The third-order valence-electron chi connectivity index (χ3n) is 4.50. The minimum atomic E-state index is -0.463. The molecule has 2 N–H and O–H groups in total. The summed E-state index contributed by atoms with van der Waals surface area (Å²) in [4.78, 5) is 11.2. The fraction of sp³-hybridized carbons (Fsp3) is 0.389. The molecular weight excluding hydrogens is 318 g/mol. The molecule has 2 heterocycles. The maximum absolute atomic E-state index is 11.2. The molecular formula is C18H23N5O2. The van der Waals surface area contributed by atoms with E-state index in [0.717, 1.165) is 5.70 Å². The molecule has 0 radical (unpaired) electrons. The first-order chi connectivity index (χ1) is 12.0. The van der Waals surface area contributed by atoms with Gasteiger partial charge in [-0.2, -0.15) is 0 Å². The van der Waals surface area contributed by atoms with Crippen LogP contribution in [0.25, 0.3) is 10.9 Å². The summed E-state index contributed by atoms with van der Waals surface area (Å²) in [7, 11) is 2.07. The van der Waals surface area contributed by atoms with Crippen LogP contribution in [-0.4, -0.2) is 27.2 Å². The predicted octanol–water partition coefficient (Wildman–Crippen LogP) is 3.34. The summed E-state index contributed by atoms with van der Waals surface area (Å²) < 4.78 is 2.20. The first kappa shape index (κ1) is 17.2. The lowest BCUT2D eigenvalue weighted by atomic mass is 10.00. The summed E-state index contributed by atoms with van der Waals surface area (Å²) >= 11 is 0. The number of para-hydroxylation sites is 1. The number of aryl methyl sites for hydroxylation is 1. The molecule has 0 fully saturated rings. The Morgan fingerprint density at radius 3 is 2.84 bits per heavy atom. The van der Waals surface area contributed by atoms with Crippen molar-refractivity contribution in [3.63, 3.8) is 0 Å². The average Bonchev–Trinajstić information content (AvgIpc) is 3.19. The van der Waals surface area contributed by atoms with Gasteiger partial charge < -0.3 is 4.57 Å². The molecule has 0 aliphatic carbocycles. The topological polar surface area (TPSA) is 82.2 Å². The number of hydroxylamine groups is 1. The van der Waals surface area contributed by atoms with Gasteiger partial charge in [0.1, 0.15) is 0 Å². The fourth-order valence-corrected chi connectivity index (χ4v) is 3.29. The van der Waals surface area contributed by atoms with Crippen LogP contribution in [0.3, 0.4) is 0 Å². The van der Waals surface area contributed by atoms with E-state index in [0.29, 0.717) is 12.5 Å². The van der Waals surface area contributed by atoms with Gasteiger partial charge in [0.05, 0.1) is 18.3 Å². The highest BCUT2D eigenvalue weighted by atomic mass is 16.5. The van der Waals surface area contributed by atoms with E-state index in [4.69, 9.17) is 5.21 Å². The highest BCUT2D eigenvalue weighted by Crippen LogP contribution is 2.35. The minimum absolute atomic E-state index is 0.0821. The highest BCUT2D eigenvalue weighted by molar-refractivity contribution is 5.81. The van der Waals surface area contributed by atoms with Crippen molar-refractivity contribution in [2.45, 2.75) is 26.3 Å². The van der Waals surface area contributed by atoms with Crippen LogP contribution in [0.4, 0.5) is 0 Å². The van der Waals surface area contributed by atoms with Crippen molar-refractivity contribution in [1.29, 1.82) is 0 Å². The summed E-state index contributed by atoms with van der Waals surface area (Å²) in [5.41, 5.74) is 4.72. The zero-order valence-corrected chi connectivity index (χ0v) is 14.7. The lowest BCUT2D eigenvalue weighted by Crippen LogP contribution is -2.28. The normalized spacial score (nSPS) is 17.0. The van der Waals surface area contributed by atoms with Crippen LogP contribution in [0.1, 0.15) is 32.0 Å². The van der Waals surface area contributed by atoms with Gasteiger partial charge >= 0.3 is 0 Å². The van der Waals surface area contributed by atoms with Crippen LogP contribution in [0.15, 0.2) is 52.4 Å². The lowest BCUT2D eigenvalue weighted by Gasteiger charge is -2.29. The second-order valence-corrected chi connectivity index (χ2v) is 6.60. The van der Waals surface area contributed by atoms with Crippen LogP contribution in [0.5, 0.6) is 0 Å². The van der Waals surface area contributed by atoms with E-state index in [2.05, 4.69) is 54.0 Å². The van der Waals surface area contributed by atoms with Crippen LogP contribution in [-0.2, 0) is 11.8 Å². The smallest absolute Gasteiger partial charge is 0.247 e. The molecule has 0 bridgehead atoms. The largest absolute Gasteiger partial charge is 0.346 e. The Kier molecular flexibility index (Phi) is 4.85. The summed E-state index contributed by atoms with van der Waals surface area (Å²) in [6, 6.07) is 10.6. The maximum Gasteiger partial charge on any atom is 0.247 e. The Hall–Kier alpha value is -2.67. The summed E-state index contributed by atoms with van der Waals surface area (Å²) in [6.45, 7) is 4.88. The molecule has 0 saturated heterocycles. The lowest BCUT2D eigenvalue weighted by molar-refractivity contribution is -0.128. The van der Waals surface area contributed by atoms with Crippen molar-refractivity contribution in [1.82, 2.24) is 15.1 Å². The molecule has 1 aliphatic heterocycles. The molecule has 0 spiro atoms. The van der Waals surface area contributed by atoms with E-state index in [-0.39, 0.29) is 12.5 Å². The molecule has 1 aromatic heterocycles. The zero-order valence-electron chi connectivity index (χ0n) is 14.7. The Balaban J connectivity index is 1.86. The number of hydrogen-bond donors (Lipinski definition) is 2. The molecule has 25 heavy (non-hydrogen) atoms. The maximum atomic E-state index is 11.2. The number of fused-ring (bicyclic) bond motifs is 1. The zero-order chi connectivity index (χ0) is 18.0. The molecule has 1 amide bonds. The van der Waals surface area contributed by atoms with Gasteiger partial charge in [-0.15, -0.1) is 5.11 Å². The molecule has 1 unspecified atom stereocenters. The molecule has 2 aromatic rings. The van der Waals surface area contributed by atoms with Crippen LogP contribution < -0.4 is 5.48 Å². The Morgan fingerprint density at radius 1 is 1.40 bits per heavy atom. The van der Waals surface area contributed by atoms with Crippen molar-refractivity contribution in [3.8, 4) is 0 Å². The molecule has 1 aliphatic rings. The van der Waals surface area contributed by atoms with E-state index in [1.165, 1.54) is 16.6 Å². The van der Waals surface area contributed by atoms with Crippen molar-refractivity contribution in [2.75, 3.05) is 6.54 Å². The number of benzene rings is 1. The second kappa shape index (κ2) is 7.06. The van der Waals surface area contributed by atoms with Gasteiger partial charge in [0.25, 0.3) is 0 Å². The standard InChI is InChI=1S/C18H23N5O2/c1-12(2)18(16-10-13-6-4-5-7-15(13)22(16)3)23-11-14(19-21-23)8-9-17(24)20-25/h4-8,10,12,18,25H,9,11H2,1-3H3,(H,20,24)/b14-8-. The Labute approximate surface area is 146 Å². The quantitative estimate of drug-likeness (QED) is 0.646. The number of nitrogens with zero attached hydrogens (tertiary/aromatic N) is 4. The molecule has 1 aromatic carbocycles. The number of carbonyl (C=O) groups excluding carboxylic acids is 1. The number of amides is 1. The molecule has 1 atom stereocenters. The monoisotopic (exact) mass is 341 g/mol. The van der Waals surface area contributed by atoms with Crippen molar-refractivity contribution < 1.29 is 10.0 Å². The first-order valence-corrected chi connectivity index (χ1v) is 8.36. The highest BCUT2D eigenvalue weighted by Gasteiger charge is 2.29.